The second kappa shape index (κ2) is 8.85. The fraction of sp³-hybridized carbons (Fsp3) is 0.278. The number of carbonyl (C=O) groups is 1. The molecule has 1 heterocycles. The van der Waals surface area contributed by atoms with Crippen LogP contribution in [0.1, 0.15) is 22.7 Å². The van der Waals surface area contributed by atoms with E-state index in [2.05, 4.69) is 4.98 Å². The average Bonchev–Trinajstić information content (AvgIpc) is 3.01. The van der Waals surface area contributed by atoms with Crippen molar-refractivity contribution in [2.75, 3.05) is 13.6 Å². The van der Waals surface area contributed by atoms with Crippen LogP contribution in [0, 0.1) is 18.3 Å². The molecule has 124 valence electrons. The highest BCUT2D eigenvalue weighted by Crippen LogP contribution is 2.21. The summed E-state index contributed by atoms with van der Waals surface area (Å²) in [5.74, 6) is 0.557. The lowest BCUT2D eigenvalue weighted by molar-refractivity contribution is -0.124. The van der Waals surface area contributed by atoms with Crippen molar-refractivity contribution in [3.63, 3.8) is 0 Å². The third kappa shape index (κ3) is 5.21. The van der Waals surface area contributed by atoms with Crippen LogP contribution in [-0.2, 0) is 11.4 Å². The number of carbonyl (C=O) groups excluding carboxylic acids is 1. The number of ether oxygens (including phenoxy) is 1. The Morgan fingerprint density at radius 2 is 2.25 bits per heavy atom. The summed E-state index contributed by atoms with van der Waals surface area (Å²) in [6, 6.07) is 9.56. The maximum Gasteiger partial charge on any atom is 0.246 e. The largest absolute Gasteiger partial charge is 0.487 e. The van der Waals surface area contributed by atoms with Crippen LogP contribution < -0.4 is 4.74 Å². The van der Waals surface area contributed by atoms with E-state index in [1.165, 1.54) is 11.0 Å². The van der Waals surface area contributed by atoms with Gasteiger partial charge >= 0.3 is 0 Å². The maximum atomic E-state index is 12.0. The Morgan fingerprint density at radius 3 is 2.96 bits per heavy atom. The van der Waals surface area contributed by atoms with Crippen molar-refractivity contribution in [2.45, 2.75) is 20.0 Å². The molecule has 0 saturated heterocycles. The molecule has 2 rings (SSSR count). The number of para-hydroxylation sites is 1. The van der Waals surface area contributed by atoms with Crippen LogP contribution >= 0.6 is 11.3 Å². The summed E-state index contributed by atoms with van der Waals surface area (Å²) in [5, 5.41) is 11.5. The standard InChI is InChI=1S/C18H19N3O2S/c1-14-20-16(13-24-14)12-23-17-7-4-3-6-15(17)8-9-18(22)21(2)11-5-10-19/h3-4,6-9,13H,5,11-12H2,1-2H3/b9-8+. The Labute approximate surface area is 145 Å². The number of aromatic nitrogens is 1. The number of likely N-dealkylation sites (N-methyl/N-ethyl adjacent to an activating group) is 1. The summed E-state index contributed by atoms with van der Waals surface area (Å²) in [5.41, 5.74) is 1.72. The Bertz CT molecular complexity index is 762. The molecule has 1 aromatic carbocycles. The zero-order valence-electron chi connectivity index (χ0n) is 13.7. The Hall–Kier alpha value is -2.65. The lowest BCUT2D eigenvalue weighted by Crippen LogP contribution is -2.25. The summed E-state index contributed by atoms with van der Waals surface area (Å²) in [7, 11) is 1.68. The number of rotatable bonds is 7. The van der Waals surface area contributed by atoms with Gasteiger partial charge in [-0.25, -0.2) is 4.98 Å². The van der Waals surface area contributed by atoms with Gasteiger partial charge in [-0.3, -0.25) is 4.79 Å². The molecule has 0 radical (unpaired) electrons. The molecular weight excluding hydrogens is 322 g/mol. The normalized spacial score (nSPS) is 10.5. The van der Waals surface area contributed by atoms with Crippen molar-refractivity contribution >= 4 is 23.3 Å². The molecule has 24 heavy (non-hydrogen) atoms. The van der Waals surface area contributed by atoms with Gasteiger partial charge in [-0.15, -0.1) is 11.3 Å². The summed E-state index contributed by atoms with van der Waals surface area (Å²) in [4.78, 5) is 17.9. The van der Waals surface area contributed by atoms with Crippen LogP contribution in [0.25, 0.3) is 6.08 Å². The highest BCUT2D eigenvalue weighted by atomic mass is 32.1. The first-order valence-corrected chi connectivity index (χ1v) is 8.41. The van der Waals surface area contributed by atoms with Crippen molar-refractivity contribution in [2.24, 2.45) is 0 Å². The van der Waals surface area contributed by atoms with Gasteiger partial charge in [0.05, 0.1) is 23.2 Å². The predicted molar refractivity (Wildman–Crippen MR) is 94.5 cm³/mol. The first kappa shape index (κ1) is 17.7. The van der Waals surface area contributed by atoms with E-state index in [-0.39, 0.29) is 5.91 Å². The molecule has 0 atom stereocenters. The average molecular weight is 341 g/mol. The first-order valence-electron chi connectivity index (χ1n) is 7.53. The van der Waals surface area contributed by atoms with Crippen molar-refractivity contribution in [1.82, 2.24) is 9.88 Å². The summed E-state index contributed by atoms with van der Waals surface area (Å²) in [6.07, 6.45) is 3.54. The van der Waals surface area contributed by atoms with Crippen LogP contribution in [-0.4, -0.2) is 29.4 Å². The van der Waals surface area contributed by atoms with Gasteiger partial charge in [0, 0.05) is 30.6 Å². The predicted octanol–water partition coefficient (Wildman–Crippen LogP) is 3.42. The number of nitriles is 1. The highest BCUT2D eigenvalue weighted by Gasteiger charge is 2.06. The number of amides is 1. The van der Waals surface area contributed by atoms with Gasteiger partial charge in [-0.2, -0.15) is 5.26 Å². The third-order valence-electron chi connectivity index (χ3n) is 3.30. The topological polar surface area (TPSA) is 66.2 Å². The molecule has 0 bridgehead atoms. The van der Waals surface area contributed by atoms with Crippen molar-refractivity contribution < 1.29 is 9.53 Å². The van der Waals surface area contributed by atoms with Gasteiger partial charge in [-0.1, -0.05) is 18.2 Å². The van der Waals surface area contributed by atoms with E-state index >= 15 is 0 Å². The van der Waals surface area contributed by atoms with Gasteiger partial charge in [0.25, 0.3) is 0 Å². The summed E-state index contributed by atoms with van der Waals surface area (Å²) >= 11 is 1.59. The van der Waals surface area contributed by atoms with Gasteiger partial charge in [0.1, 0.15) is 12.4 Å². The SMILES string of the molecule is Cc1nc(COc2ccccc2/C=C/C(=O)N(C)CCC#N)cs1. The van der Waals surface area contributed by atoms with Gasteiger partial charge in [0.2, 0.25) is 5.91 Å². The molecule has 0 unspecified atom stereocenters. The van der Waals surface area contributed by atoms with Gasteiger partial charge < -0.3 is 9.64 Å². The molecule has 0 aliphatic heterocycles. The molecule has 0 spiro atoms. The second-order valence-corrected chi connectivity index (χ2v) is 6.25. The Morgan fingerprint density at radius 1 is 1.46 bits per heavy atom. The van der Waals surface area contributed by atoms with E-state index in [9.17, 15) is 4.79 Å². The number of nitrogens with zero attached hydrogens (tertiary/aromatic N) is 3. The molecular formula is C18H19N3O2S. The quantitative estimate of drug-likeness (QED) is 0.724. The minimum Gasteiger partial charge on any atom is -0.487 e. The molecule has 0 aliphatic carbocycles. The molecule has 5 nitrogen and oxygen atoms in total. The minimum absolute atomic E-state index is 0.143. The van der Waals surface area contributed by atoms with Crippen LogP contribution in [0.4, 0.5) is 0 Å². The smallest absolute Gasteiger partial charge is 0.246 e. The fourth-order valence-electron chi connectivity index (χ4n) is 1.99. The molecule has 2 aromatic rings. The van der Waals surface area contributed by atoms with E-state index in [0.29, 0.717) is 25.3 Å². The van der Waals surface area contributed by atoms with E-state index in [4.69, 9.17) is 10.00 Å². The van der Waals surface area contributed by atoms with Crippen LogP contribution in [0.2, 0.25) is 0 Å². The molecule has 1 aromatic heterocycles. The van der Waals surface area contributed by atoms with Crippen molar-refractivity contribution in [1.29, 1.82) is 5.26 Å². The van der Waals surface area contributed by atoms with E-state index in [1.807, 2.05) is 42.6 Å². The lowest BCUT2D eigenvalue weighted by atomic mass is 10.2. The summed E-state index contributed by atoms with van der Waals surface area (Å²) in [6.45, 7) is 2.77. The lowest BCUT2D eigenvalue weighted by Gasteiger charge is -2.12. The first-order chi connectivity index (χ1) is 11.6. The molecule has 0 aliphatic rings. The van der Waals surface area contributed by atoms with Crippen molar-refractivity contribution in [3.8, 4) is 11.8 Å². The Kier molecular flexibility index (Phi) is 6.52. The van der Waals surface area contributed by atoms with Crippen LogP contribution in [0.3, 0.4) is 0 Å². The van der Waals surface area contributed by atoms with Gasteiger partial charge in [0.15, 0.2) is 0 Å². The minimum atomic E-state index is -0.143. The second-order valence-electron chi connectivity index (χ2n) is 5.19. The molecule has 0 fully saturated rings. The third-order valence-corrected chi connectivity index (χ3v) is 4.12. The van der Waals surface area contributed by atoms with E-state index in [1.54, 1.807) is 24.5 Å². The molecule has 0 saturated carbocycles. The maximum absolute atomic E-state index is 12.0. The Balaban J connectivity index is 2.01. The van der Waals surface area contributed by atoms with E-state index < -0.39 is 0 Å². The zero-order valence-corrected chi connectivity index (χ0v) is 14.5. The number of benzene rings is 1. The molecule has 6 heteroatoms. The number of hydrogen-bond acceptors (Lipinski definition) is 5. The van der Waals surface area contributed by atoms with Crippen molar-refractivity contribution in [3.05, 3.63) is 52.0 Å². The molecule has 1 amide bonds. The monoisotopic (exact) mass is 341 g/mol. The van der Waals surface area contributed by atoms with Crippen LogP contribution in [0.15, 0.2) is 35.7 Å². The highest BCUT2D eigenvalue weighted by molar-refractivity contribution is 7.09. The molecule has 0 N–H and O–H groups in total. The number of thiazole rings is 1. The summed E-state index contributed by atoms with van der Waals surface area (Å²) < 4.78 is 5.82. The number of aryl methyl sites for hydroxylation is 1. The number of hydrogen-bond donors (Lipinski definition) is 0. The van der Waals surface area contributed by atoms with Gasteiger partial charge in [-0.05, 0) is 19.1 Å². The zero-order chi connectivity index (χ0) is 17.4. The van der Waals surface area contributed by atoms with Crippen LogP contribution in [0.5, 0.6) is 5.75 Å². The van der Waals surface area contributed by atoms with E-state index in [0.717, 1.165) is 16.3 Å². The fourth-order valence-corrected chi connectivity index (χ4v) is 2.59.